The van der Waals surface area contributed by atoms with Gasteiger partial charge in [0.05, 0.1) is 0 Å². The van der Waals surface area contributed by atoms with Crippen LogP contribution in [0.15, 0.2) is 11.2 Å². The zero-order chi connectivity index (χ0) is 12.0. The predicted molar refractivity (Wildman–Crippen MR) is 64.1 cm³/mol. The van der Waals surface area contributed by atoms with Crippen LogP contribution in [0, 0.1) is 0 Å². The Hall–Kier alpha value is -1.14. The largest absolute Gasteiger partial charge is 0.289 e. The highest BCUT2D eigenvalue weighted by molar-refractivity contribution is 7.98. The third-order valence-corrected chi connectivity index (χ3v) is 2.64. The SMILES string of the molecule is CCCCc1cc(C(=O)NN)nc(SC)n1. The lowest BCUT2D eigenvalue weighted by Crippen LogP contribution is -2.31. The van der Waals surface area contributed by atoms with Gasteiger partial charge in [0.1, 0.15) is 5.69 Å². The minimum absolute atomic E-state index is 0.327. The van der Waals surface area contributed by atoms with Gasteiger partial charge in [-0.1, -0.05) is 25.1 Å². The van der Waals surface area contributed by atoms with Crippen LogP contribution in [0.1, 0.15) is 35.9 Å². The van der Waals surface area contributed by atoms with Crippen LogP contribution in [0.4, 0.5) is 0 Å². The van der Waals surface area contributed by atoms with E-state index in [2.05, 4.69) is 22.3 Å². The van der Waals surface area contributed by atoms with Crippen LogP contribution in [0.25, 0.3) is 0 Å². The molecular weight excluding hydrogens is 224 g/mol. The molecule has 0 aliphatic heterocycles. The molecule has 6 heteroatoms. The van der Waals surface area contributed by atoms with E-state index in [1.165, 1.54) is 11.8 Å². The summed E-state index contributed by atoms with van der Waals surface area (Å²) in [6, 6.07) is 1.69. The summed E-state index contributed by atoms with van der Waals surface area (Å²) in [5.41, 5.74) is 3.29. The number of aromatic nitrogens is 2. The fraction of sp³-hybridized carbons (Fsp3) is 0.500. The maximum absolute atomic E-state index is 11.4. The Bertz CT molecular complexity index is 370. The van der Waals surface area contributed by atoms with Gasteiger partial charge in [0.15, 0.2) is 5.16 Å². The van der Waals surface area contributed by atoms with E-state index in [1.807, 2.05) is 6.26 Å². The number of hydrogen-bond donors (Lipinski definition) is 2. The smallest absolute Gasteiger partial charge is 0.283 e. The average Bonchev–Trinajstić information content (AvgIpc) is 2.34. The lowest BCUT2D eigenvalue weighted by molar-refractivity contribution is 0.0947. The highest BCUT2D eigenvalue weighted by atomic mass is 32.2. The molecule has 5 nitrogen and oxygen atoms in total. The van der Waals surface area contributed by atoms with Crippen molar-refractivity contribution >= 4 is 17.7 Å². The van der Waals surface area contributed by atoms with Crippen molar-refractivity contribution in [3.05, 3.63) is 17.5 Å². The van der Waals surface area contributed by atoms with Gasteiger partial charge in [-0.15, -0.1) is 0 Å². The molecule has 0 saturated carbocycles. The Morgan fingerprint density at radius 2 is 2.31 bits per heavy atom. The summed E-state index contributed by atoms with van der Waals surface area (Å²) in [4.78, 5) is 19.8. The monoisotopic (exact) mass is 240 g/mol. The molecule has 1 heterocycles. The van der Waals surface area contributed by atoms with E-state index in [0.717, 1.165) is 25.0 Å². The Labute approximate surface area is 99.2 Å². The predicted octanol–water partition coefficient (Wildman–Crippen LogP) is 1.14. The van der Waals surface area contributed by atoms with E-state index >= 15 is 0 Å². The first-order valence-corrected chi connectivity index (χ1v) is 6.36. The molecule has 0 aromatic carbocycles. The van der Waals surface area contributed by atoms with Crippen molar-refractivity contribution in [2.45, 2.75) is 31.3 Å². The van der Waals surface area contributed by atoms with E-state index < -0.39 is 0 Å². The molecular formula is C10H16N4OS. The summed E-state index contributed by atoms with van der Waals surface area (Å²) in [6.45, 7) is 2.12. The molecule has 3 N–H and O–H groups in total. The number of aryl methyl sites for hydroxylation is 1. The number of thioether (sulfide) groups is 1. The summed E-state index contributed by atoms with van der Waals surface area (Å²) in [6.07, 6.45) is 4.88. The molecule has 0 radical (unpaired) electrons. The molecule has 1 aromatic rings. The lowest BCUT2D eigenvalue weighted by Gasteiger charge is -2.05. The molecule has 0 unspecified atom stereocenters. The Morgan fingerprint density at radius 3 is 2.88 bits per heavy atom. The molecule has 0 fully saturated rings. The first kappa shape index (κ1) is 12.9. The fourth-order valence-corrected chi connectivity index (χ4v) is 1.64. The second kappa shape index (κ2) is 6.44. The van der Waals surface area contributed by atoms with Crippen molar-refractivity contribution in [1.82, 2.24) is 15.4 Å². The van der Waals surface area contributed by atoms with Gasteiger partial charge < -0.3 is 0 Å². The number of unbranched alkanes of at least 4 members (excludes halogenated alkanes) is 1. The minimum atomic E-state index is -0.379. The van der Waals surface area contributed by atoms with Crippen molar-refractivity contribution in [2.75, 3.05) is 6.26 Å². The summed E-state index contributed by atoms with van der Waals surface area (Å²) in [5.74, 6) is 4.70. The van der Waals surface area contributed by atoms with Crippen molar-refractivity contribution in [1.29, 1.82) is 0 Å². The topological polar surface area (TPSA) is 80.9 Å². The average molecular weight is 240 g/mol. The van der Waals surface area contributed by atoms with E-state index in [4.69, 9.17) is 5.84 Å². The zero-order valence-electron chi connectivity index (χ0n) is 9.49. The van der Waals surface area contributed by atoms with E-state index in [9.17, 15) is 4.79 Å². The van der Waals surface area contributed by atoms with Crippen LogP contribution in [-0.4, -0.2) is 22.1 Å². The maximum atomic E-state index is 11.4. The number of hydrogen-bond acceptors (Lipinski definition) is 5. The number of nitrogen functional groups attached to an aromatic ring is 1. The summed E-state index contributed by atoms with van der Waals surface area (Å²) in [7, 11) is 0. The van der Waals surface area contributed by atoms with Gasteiger partial charge in [-0.05, 0) is 25.2 Å². The Kier molecular flexibility index (Phi) is 5.21. The van der Waals surface area contributed by atoms with Gasteiger partial charge in [0.25, 0.3) is 5.91 Å². The molecule has 1 amide bonds. The van der Waals surface area contributed by atoms with Gasteiger partial charge in [0, 0.05) is 5.69 Å². The number of amides is 1. The van der Waals surface area contributed by atoms with E-state index in [1.54, 1.807) is 6.07 Å². The number of carbonyl (C=O) groups excluding carboxylic acids is 1. The van der Waals surface area contributed by atoms with Gasteiger partial charge >= 0.3 is 0 Å². The quantitative estimate of drug-likeness (QED) is 0.265. The standard InChI is InChI=1S/C10H16N4OS/c1-3-4-5-7-6-8(9(15)14-11)13-10(12-7)16-2/h6H,3-5,11H2,1-2H3,(H,14,15). The molecule has 0 aliphatic rings. The molecule has 0 atom stereocenters. The van der Waals surface area contributed by atoms with Crippen molar-refractivity contribution in [2.24, 2.45) is 5.84 Å². The van der Waals surface area contributed by atoms with Crippen LogP contribution < -0.4 is 11.3 Å². The van der Waals surface area contributed by atoms with Crippen molar-refractivity contribution < 1.29 is 4.79 Å². The van der Waals surface area contributed by atoms with Gasteiger partial charge in [-0.2, -0.15) is 0 Å². The molecule has 0 bridgehead atoms. The second-order valence-corrected chi connectivity index (χ2v) is 4.08. The number of nitrogens with zero attached hydrogens (tertiary/aromatic N) is 2. The zero-order valence-corrected chi connectivity index (χ0v) is 10.3. The number of rotatable bonds is 5. The van der Waals surface area contributed by atoms with Gasteiger partial charge in [0.2, 0.25) is 0 Å². The minimum Gasteiger partial charge on any atom is -0.289 e. The van der Waals surface area contributed by atoms with Crippen LogP contribution in [0.2, 0.25) is 0 Å². The number of nitrogens with two attached hydrogens (primary N) is 1. The van der Waals surface area contributed by atoms with Crippen LogP contribution in [0.3, 0.4) is 0 Å². The highest BCUT2D eigenvalue weighted by Gasteiger charge is 2.09. The Balaban J connectivity index is 2.96. The van der Waals surface area contributed by atoms with Crippen LogP contribution in [0.5, 0.6) is 0 Å². The van der Waals surface area contributed by atoms with Crippen molar-refractivity contribution in [3.8, 4) is 0 Å². The second-order valence-electron chi connectivity index (χ2n) is 3.31. The third kappa shape index (κ3) is 3.46. The number of hydrazine groups is 1. The third-order valence-electron chi connectivity index (χ3n) is 2.09. The van der Waals surface area contributed by atoms with Crippen LogP contribution in [-0.2, 0) is 6.42 Å². The normalized spacial score (nSPS) is 10.2. The highest BCUT2D eigenvalue weighted by Crippen LogP contribution is 2.12. The number of nitrogens with one attached hydrogen (secondary N) is 1. The molecule has 16 heavy (non-hydrogen) atoms. The summed E-state index contributed by atoms with van der Waals surface area (Å²) >= 11 is 1.42. The fourth-order valence-electron chi connectivity index (χ4n) is 1.24. The van der Waals surface area contributed by atoms with Gasteiger partial charge in [-0.3, -0.25) is 10.2 Å². The molecule has 1 aromatic heterocycles. The molecule has 88 valence electrons. The Morgan fingerprint density at radius 1 is 1.56 bits per heavy atom. The maximum Gasteiger partial charge on any atom is 0.283 e. The molecule has 0 spiro atoms. The first-order chi connectivity index (χ1) is 7.71. The number of carbonyl (C=O) groups is 1. The molecule has 0 aliphatic carbocycles. The van der Waals surface area contributed by atoms with E-state index in [-0.39, 0.29) is 5.91 Å². The van der Waals surface area contributed by atoms with Crippen LogP contribution >= 0.6 is 11.8 Å². The molecule has 1 rings (SSSR count). The first-order valence-electron chi connectivity index (χ1n) is 5.14. The van der Waals surface area contributed by atoms with Gasteiger partial charge in [-0.25, -0.2) is 15.8 Å². The summed E-state index contributed by atoms with van der Waals surface area (Å²) < 4.78 is 0. The van der Waals surface area contributed by atoms with Crippen molar-refractivity contribution in [3.63, 3.8) is 0 Å². The molecule has 0 saturated heterocycles. The lowest BCUT2D eigenvalue weighted by atomic mass is 10.2. The van der Waals surface area contributed by atoms with E-state index in [0.29, 0.717) is 10.9 Å². The summed E-state index contributed by atoms with van der Waals surface area (Å²) in [5, 5.41) is 0.604.